The van der Waals surface area contributed by atoms with E-state index in [4.69, 9.17) is 5.11 Å². The highest BCUT2D eigenvalue weighted by Crippen LogP contribution is 2.10. The molecule has 1 heterocycles. The quantitative estimate of drug-likeness (QED) is 0.776. The van der Waals surface area contributed by atoms with E-state index in [1.807, 2.05) is 0 Å². The van der Waals surface area contributed by atoms with Gasteiger partial charge in [0, 0.05) is 24.0 Å². The standard InChI is InChI=1S/C12H19N3O3/c1-7(6-16)15(4)11(17)5-10-8(2)13-12(18)14-9(10)3/h7,16H,5-6H2,1-4H3,(H,13,14,18). The zero-order chi connectivity index (χ0) is 13.9. The van der Waals surface area contributed by atoms with Gasteiger partial charge in [-0.1, -0.05) is 0 Å². The van der Waals surface area contributed by atoms with Crippen molar-refractivity contribution in [2.24, 2.45) is 0 Å². The van der Waals surface area contributed by atoms with E-state index >= 15 is 0 Å². The molecule has 2 N–H and O–H groups in total. The van der Waals surface area contributed by atoms with Crippen molar-refractivity contribution in [2.45, 2.75) is 33.2 Å². The number of nitrogens with zero attached hydrogens (tertiary/aromatic N) is 2. The van der Waals surface area contributed by atoms with Crippen molar-refractivity contribution in [1.29, 1.82) is 0 Å². The second-order valence-corrected chi connectivity index (χ2v) is 4.44. The first-order chi connectivity index (χ1) is 8.36. The van der Waals surface area contributed by atoms with Gasteiger partial charge >= 0.3 is 5.69 Å². The lowest BCUT2D eigenvalue weighted by Gasteiger charge is -2.23. The first-order valence-electron chi connectivity index (χ1n) is 5.79. The van der Waals surface area contributed by atoms with Gasteiger partial charge in [-0.15, -0.1) is 0 Å². The molecule has 6 heteroatoms. The summed E-state index contributed by atoms with van der Waals surface area (Å²) in [5.74, 6) is -0.114. The minimum absolute atomic E-state index is 0.0793. The fourth-order valence-corrected chi connectivity index (χ4v) is 1.66. The molecule has 0 fully saturated rings. The summed E-state index contributed by atoms with van der Waals surface area (Å²) in [6, 6.07) is -0.228. The van der Waals surface area contributed by atoms with Gasteiger partial charge in [0.1, 0.15) is 0 Å². The lowest BCUT2D eigenvalue weighted by molar-refractivity contribution is -0.131. The maximum Gasteiger partial charge on any atom is 0.345 e. The molecule has 0 saturated heterocycles. The number of likely N-dealkylation sites (N-methyl/N-ethyl adjacent to an activating group) is 1. The van der Waals surface area contributed by atoms with Crippen molar-refractivity contribution in [3.63, 3.8) is 0 Å². The van der Waals surface area contributed by atoms with Gasteiger partial charge in [0.05, 0.1) is 19.1 Å². The number of aliphatic hydroxyl groups excluding tert-OH is 1. The number of carbonyl (C=O) groups excluding carboxylic acids is 1. The fourth-order valence-electron chi connectivity index (χ4n) is 1.66. The molecule has 100 valence electrons. The van der Waals surface area contributed by atoms with Gasteiger partial charge in [-0.05, 0) is 20.8 Å². The van der Waals surface area contributed by atoms with E-state index in [1.54, 1.807) is 27.8 Å². The van der Waals surface area contributed by atoms with Gasteiger partial charge in [-0.2, -0.15) is 4.98 Å². The molecule has 1 atom stereocenters. The van der Waals surface area contributed by atoms with Crippen LogP contribution in [0.4, 0.5) is 0 Å². The van der Waals surface area contributed by atoms with Crippen LogP contribution in [0, 0.1) is 13.8 Å². The number of carbonyl (C=O) groups is 1. The number of hydrogen-bond donors (Lipinski definition) is 2. The van der Waals surface area contributed by atoms with Crippen molar-refractivity contribution in [3.05, 3.63) is 27.4 Å². The Morgan fingerprint density at radius 3 is 2.61 bits per heavy atom. The molecule has 0 aliphatic carbocycles. The molecule has 0 spiro atoms. The number of aryl methyl sites for hydroxylation is 2. The van der Waals surface area contributed by atoms with Crippen LogP contribution in [0.15, 0.2) is 4.79 Å². The molecule has 0 aliphatic rings. The number of aromatic nitrogens is 2. The maximum atomic E-state index is 12.0. The number of rotatable bonds is 4. The molecule has 1 rings (SSSR count). The molecule has 0 radical (unpaired) electrons. The fraction of sp³-hybridized carbons (Fsp3) is 0.583. The normalized spacial score (nSPS) is 12.3. The lowest BCUT2D eigenvalue weighted by atomic mass is 10.1. The summed E-state index contributed by atoms with van der Waals surface area (Å²) in [7, 11) is 1.65. The van der Waals surface area contributed by atoms with Crippen LogP contribution in [0.25, 0.3) is 0 Å². The number of amides is 1. The minimum Gasteiger partial charge on any atom is -0.394 e. The van der Waals surface area contributed by atoms with Gasteiger partial charge in [-0.25, -0.2) is 4.79 Å². The van der Waals surface area contributed by atoms with Crippen LogP contribution in [-0.4, -0.2) is 45.6 Å². The van der Waals surface area contributed by atoms with E-state index in [9.17, 15) is 9.59 Å². The Hall–Kier alpha value is -1.69. The van der Waals surface area contributed by atoms with E-state index in [0.29, 0.717) is 11.4 Å². The third-order valence-corrected chi connectivity index (χ3v) is 3.10. The molecule has 0 aliphatic heterocycles. The first kappa shape index (κ1) is 14.4. The number of nitrogens with one attached hydrogen (secondary N) is 1. The Bertz CT molecular complexity index is 470. The maximum absolute atomic E-state index is 12.0. The number of aliphatic hydroxyl groups is 1. The molecule has 0 saturated carbocycles. The highest BCUT2D eigenvalue weighted by molar-refractivity contribution is 5.79. The smallest absolute Gasteiger partial charge is 0.345 e. The van der Waals surface area contributed by atoms with Crippen molar-refractivity contribution < 1.29 is 9.90 Å². The molecule has 1 amide bonds. The summed E-state index contributed by atoms with van der Waals surface area (Å²) < 4.78 is 0. The van der Waals surface area contributed by atoms with Gasteiger partial charge < -0.3 is 15.0 Å². The Kier molecular flexibility index (Phi) is 4.61. The molecule has 0 bridgehead atoms. The average molecular weight is 253 g/mol. The van der Waals surface area contributed by atoms with Crippen LogP contribution >= 0.6 is 0 Å². The predicted octanol–water partition coefficient (Wildman–Crippen LogP) is -0.232. The summed E-state index contributed by atoms with van der Waals surface area (Å²) >= 11 is 0. The molecule has 18 heavy (non-hydrogen) atoms. The number of H-pyrrole nitrogens is 1. The zero-order valence-electron chi connectivity index (χ0n) is 11.1. The van der Waals surface area contributed by atoms with Crippen molar-refractivity contribution in [2.75, 3.05) is 13.7 Å². The van der Waals surface area contributed by atoms with Crippen molar-refractivity contribution in [1.82, 2.24) is 14.9 Å². The van der Waals surface area contributed by atoms with E-state index in [2.05, 4.69) is 9.97 Å². The monoisotopic (exact) mass is 253 g/mol. The summed E-state index contributed by atoms with van der Waals surface area (Å²) in [5.41, 5.74) is 1.55. The predicted molar refractivity (Wildman–Crippen MR) is 67.4 cm³/mol. The van der Waals surface area contributed by atoms with Crippen LogP contribution in [-0.2, 0) is 11.2 Å². The van der Waals surface area contributed by atoms with Crippen LogP contribution in [0.3, 0.4) is 0 Å². The second kappa shape index (κ2) is 5.77. The van der Waals surface area contributed by atoms with Gasteiger partial charge in [0.2, 0.25) is 5.91 Å². The number of aromatic amines is 1. The molecule has 1 aromatic rings. The van der Waals surface area contributed by atoms with E-state index in [0.717, 1.165) is 5.56 Å². The van der Waals surface area contributed by atoms with E-state index in [-0.39, 0.29) is 25.0 Å². The highest BCUT2D eigenvalue weighted by Gasteiger charge is 2.18. The molecule has 0 aromatic carbocycles. The van der Waals surface area contributed by atoms with Crippen LogP contribution in [0.2, 0.25) is 0 Å². The first-order valence-corrected chi connectivity index (χ1v) is 5.79. The van der Waals surface area contributed by atoms with Crippen LogP contribution in [0.1, 0.15) is 23.9 Å². The lowest BCUT2D eigenvalue weighted by Crippen LogP contribution is -2.38. The largest absolute Gasteiger partial charge is 0.394 e. The Morgan fingerprint density at radius 1 is 1.50 bits per heavy atom. The summed E-state index contributed by atoms with van der Waals surface area (Å²) in [5, 5.41) is 9.01. The SMILES string of the molecule is Cc1nc(=O)[nH]c(C)c1CC(=O)N(C)C(C)CO. The average Bonchev–Trinajstić information content (AvgIpc) is 2.31. The van der Waals surface area contributed by atoms with Crippen molar-refractivity contribution in [3.8, 4) is 0 Å². The summed E-state index contributed by atoms with van der Waals surface area (Å²) in [6.45, 7) is 5.14. The highest BCUT2D eigenvalue weighted by atomic mass is 16.3. The molecule has 1 unspecified atom stereocenters. The summed E-state index contributed by atoms with van der Waals surface area (Å²) in [4.78, 5) is 31.0. The third-order valence-electron chi connectivity index (χ3n) is 3.10. The van der Waals surface area contributed by atoms with E-state index < -0.39 is 5.69 Å². The Labute approximate surface area is 106 Å². The van der Waals surface area contributed by atoms with Crippen LogP contribution in [0.5, 0.6) is 0 Å². The molecular weight excluding hydrogens is 234 g/mol. The van der Waals surface area contributed by atoms with E-state index in [1.165, 1.54) is 4.90 Å². The topological polar surface area (TPSA) is 86.3 Å². The number of hydrogen-bond acceptors (Lipinski definition) is 4. The third kappa shape index (κ3) is 3.16. The minimum atomic E-state index is -0.404. The molecule has 6 nitrogen and oxygen atoms in total. The Balaban J connectivity index is 2.92. The Morgan fingerprint density at radius 2 is 2.11 bits per heavy atom. The molecular formula is C12H19N3O3. The van der Waals surface area contributed by atoms with Gasteiger partial charge in [0.15, 0.2) is 0 Å². The molecule has 1 aromatic heterocycles. The summed E-state index contributed by atoms with van der Waals surface area (Å²) in [6.07, 6.45) is 0.169. The van der Waals surface area contributed by atoms with Crippen LogP contribution < -0.4 is 5.69 Å². The van der Waals surface area contributed by atoms with Crippen molar-refractivity contribution >= 4 is 5.91 Å². The zero-order valence-corrected chi connectivity index (χ0v) is 11.1. The second-order valence-electron chi connectivity index (χ2n) is 4.44. The van der Waals surface area contributed by atoms with Gasteiger partial charge in [-0.3, -0.25) is 4.79 Å². The van der Waals surface area contributed by atoms with Gasteiger partial charge in [0.25, 0.3) is 0 Å².